The van der Waals surface area contributed by atoms with Gasteiger partial charge in [0.2, 0.25) is 5.69 Å². The second-order valence-electron chi connectivity index (χ2n) is 8.63. The summed E-state index contributed by atoms with van der Waals surface area (Å²) in [5.41, 5.74) is 1.25. The van der Waals surface area contributed by atoms with Gasteiger partial charge in [0.05, 0.1) is 19.3 Å². The number of rotatable bonds is 6. The van der Waals surface area contributed by atoms with Crippen LogP contribution in [-0.4, -0.2) is 53.4 Å². The third-order valence-corrected chi connectivity index (χ3v) is 6.55. The van der Waals surface area contributed by atoms with Crippen LogP contribution in [0, 0.1) is 5.41 Å². The molecule has 1 amide bonds. The molecule has 2 fully saturated rings. The standard InChI is InChI=1S/C21H30N4O3/c26-15-21(8-3-1-4-9-21)14-22-20(28)19-17-6-2-5-10-25(17)18(23-19)13-24-11-7-16(27)12-24/h2,5-6,10,16,26-27H,1,3-4,7-9,11-15H2,(H,22,28)/p+2. The number of carbonyl (C=O) groups excluding carboxylic acids is 1. The van der Waals surface area contributed by atoms with Crippen molar-refractivity contribution in [2.24, 2.45) is 5.41 Å². The highest BCUT2D eigenvalue weighted by Crippen LogP contribution is 2.35. The zero-order chi connectivity index (χ0) is 19.6. The smallest absolute Gasteiger partial charge is 0.316 e. The normalized spacial score (nSPS) is 24.5. The number of pyridine rings is 1. The number of amides is 1. The van der Waals surface area contributed by atoms with Crippen molar-refractivity contribution >= 4 is 11.4 Å². The number of fused-ring (bicyclic) bond motifs is 1. The van der Waals surface area contributed by atoms with Crippen molar-refractivity contribution in [1.29, 1.82) is 0 Å². The minimum Gasteiger partial charge on any atom is -0.396 e. The van der Waals surface area contributed by atoms with Crippen LogP contribution in [0.25, 0.3) is 5.52 Å². The lowest BCUT2D eigenvalue weighted by molar-refractivity contribution is -0.908. The van der Waals surface area contributed by atoms with Crippen LogP contribution in [0.15, 0.2) is 24.4 Å². The second-order valence-corrected chi connectivity index (χ2v) is 8.63. The first-order valence-electron chi connectivity index (χ1n) is 10.5. The topological polar surface area (TPSA) is 93.9 Å². The monoisotopic (exact) mass is 388 g/mol. The molecule has 2 atom stereocenters. The first kappa shape index (κ1) is 19.4. The van der Waals surface area contributed by atoms with Crippen molar-refractivity contribution in [1.82, 2.24) is 10.3 Å². The number of aromatic amines is 1. The van der Waals surface area contributed by atoms with E-state index in [1.54, 1.807) is 0 Å². The molecule has 152 valence electrons. The Morgan fingerprint density at radius 1 is 1.32 bits per heavy atom. The number of carbonyl (C=O) groups is 1. The van der Waals surface area contributed by atoms with Crippen molar-refractivity contribution in [2.75, 3.05) is 26.2 Å². The van der Waals surface area contributed by atoms with Crippen LogP contribution in [0.4, 0.5) is 0 Å². The van der Waals surface area contributed by atoms with E-state index < -0.39 is 0 Å². The number of hydrogen-bond donors (Lipinski definition) is 5. The number of likely N-dealkylation sites (tertiary alicyclic amines) is 1. The minimum absolute atomic E-state index is 0.121. The Morgan fingerprint density at radius 2 is 2.14 bits per heavy atom. The van der Waals surface area contributed by atoms with Crippen molar-refractivity contribution < 1.29 is 24.3 Å². The second kappa shape index (κ2) is 8.19. The van der Waals surface area contributed by atoms with Gasteiger partial charge in [-0.2, -0.15) is 4.40 Å². The molecule has 1 saturated carbocycles. The van der Waals surface area contributed by atoms with Crippen LogP contribution < -0.4 is 14.6 Å². The lowest BCUT2D eigenvalue weighted by Crippen LogP contribution is -3.09. The van der Waals surface area contributed by atoms with Gasteiger partial charge in [-0.25, -0.2) is 4.98 Å². The molecule has 1 saturated heterocycles. The molecule has 0 spiro atoms. The fourth-order valence-electron chi connectivity index (χ4n) is 4.81. The Labute approximate surface area is 165 Å². The van der Waals surface area contributed by atoms with E-state index in [0.29, 0.717) is 12.2 Å². The van der Waals surface area contributed by atoms with E-state index in [2.05, 4.69) is 10.3 Å². The molecule has 7 nitrogen and oxygen atoms in total. The van der Waals surface area contributed by atoms with Crippen LogP contribution in [0.1, 0.15) is 54.8 Å². The number of aliphatic hydroxyl groups excluding tert-OH is 2. The third kappa shape index (κ3) is 3.92. The van der Waals surface area contributed by atoms with Crippen molar-refractivity contribution in [3.8, 4) is 0 Å². The summed E-state index contributed by atoms with van der Waals surface area (Å²) in [4.78, 5) is 17.6. The highest BCUT2D eigenvalue weighted by atomic mass is 16.3. The Hall–Kier alpha value is -1.96. The van der Waals surface area contributed by atoms with Crippen LogP contribution in [0.2, 0.25) is 0 Å². The summed E-state index contributed by atoms with van der Waals surface area (Å²) < 4.78 is 2.04. The van der Waals surface area contributed by atoms with E-state index in [4.69, 9.17) is 0 Å². The fourth-order valence-corrected chi connectivity index (χ4v) is 4.81. The van der Waals surface area contributed by atoms with E-state index >= 15 is 0 Å². The van der Waals surface area contributed by atoms with Gasteiger partial charge in [-0.3, -0.25) is 4.79 Å². The molecule has 2 aromatic heterocycles. The molecule has 4 rings (SSSR count). The maximum absolute atomic E-state index is 13.0. The number of aromatic nitrogens is 2. The lowest BCUT2D eigenvalue weighted by atomic mass is 9.74. The molecule has 0 aromatic carbocycles. The summed E-state index contributed by atoms with van der Waals surface area (Å²) in [6.45, 7) is 3.07. The summed E-state index contributed by atoms with van der Waals surface area (Å²) in [7, 11) is 0. The molecular formula is C21H32N4O3+2. The van der Waals surface area contributed by atoms with Crippen LogP contribution >= 0.6 is 0 Å². The summed E-state index contributed by atoms with van der Waals surface area (Å²) >= 11 is 0. The van der Waals surface area contributed by atoms with E-state index in [0.717, 1.165) is 63.1 Å². The average Bonchev–Trinajstić information content (AvgIpc) is 3.31. The number of quaternary nitrogens is 1. The number of hydrogen-bond acceptors (Lipinski definition) is 3. The van der Waals surface area contributed by atoms with Crippen molar-refractivity contribution in [2.45, 2.75) is 51.2 Å². The highest BCUT2D eigenvalue weighted by molar-refractivity contribution is 5.97. The zero-order valence-corrected chi connectivity index (χ0v) is 16.4. The minimum atomic E-state index is -0.228. The Kier molecular flexibility index (Phi) is 5.66. The maximum atomic E-state index is 13.0. The van der Waals surface area contributed by atoms with Gasteiger partial charge in [-0.05, 0) is 25.0 Å². The number of H-pyrrole nitrogens is 1. The molecule has 2 unspecified atom stereocenters. The largest absolute Gasteiger partial charge is 0.396 e. The quantitative estimate of drug-likeness (QED) is 0.435. The van der Waals surface area contributed by atoms with Gasteiger partial charge in [0.25, 0.3) is 5.91 Å². The van der Waals surface area contributed by atoms with Gasteiger partial charge >= 0.3 is 5.82 Å². The van der Waals surface area contributed by atoms with Crippen molar-refractivity contribution in [3.63, 3.8) is 0 Å². The predicted octanol–water partition coefficient (Wildman–Crippen LogP) is -0.424. The molecule has 7 heteroatoms. The molecule has 3 heterocycles. The van der Waals surface area contributed by atoms with E-state index in [-0.39, 0.29) is 24.0 Å². The van der Waals surface area contributed by atoms with Gasteiger partial charge in [-0.1, -0.05) is 25.3 Å². The predicted molar refractivity (Wildman–Crippen MR) is 104 cm³/mol. The highest BCUT2D eigenvalue weighted by Gasteiger charge is 2.34. The van der Waals surface area contributed by atoms with Gasteiger partial charge in [-0.15, -0.1) is 0 Å². The lowest BCUT2D eigenvalue weighted by Gasteiger charge is -2.35. The first-order chi connectivity index (χ1) is 13.6. The number of nitrogens with zero attached hydrogens (tertiary/aromatic N) is 1. The molecule has 2 aliphatic rings. The molecule has 5 N–H and O–H groups in total. The number of imidazole rings is 1. The molecule has 0 bridgehead atoms. The van der Waals surface area contributed by atoms with Crippen LogP contribution in [0.3, 0.4) is 0 Å². The third-order valence-electron chi connectivity index (χ3n) is 6.55. The summed E-state index contributed by atoms with van der Waals surface area (Å²) in [6.07, 6.45) is 7.96. The van der Waals surface area contributed by atoms with Gasteiger partial charge in [0.1, 0.15) is 12.6 Å². The van der Waals surface area contributed by atoms with Gasteiger partial charge in [0, 0.05) is 18.4 Å². The van der Waals surface area contributed by atoms with E-state index in [9.17, 15) is 15.0 Å². The zero-order valence-electron chi connectivity index (χ0n) is 16.4. The molecule has 2 aromatic rings. The van der Waals surface area contributed by atoms with E-state index in [1.807, 2.05) is 28.8 Å². The van der Waals surface area contributed by atoms with E-state index in [1.165, 1.54) is 11.3 Å². The molecule has 1 aliphatic heterocycles. The van der Waals surface area contributed by atoms with Gasteiger partial charge in [0.15, 0.2) is 12.1 Å². The Morgan fingerprint density at radius 3 is 2.86 bits per heavy atom. The average molecular weight is 389 g/mol. The summed E-state index contributed by atoms with van der Waals surface area (Å²) in [5, 5.41) is 22.8. The maximum Gasteiger partial charge on any atom is 0.316 e. The number of nitrogens with one attached hydrogen (secondary N) is 3. The Balaban J connectivity index is 1.52. The molecular weight excluding hydrogens is 356 g/mol. The Bertz CT molecular complexity index is 828. The first-order valence-corrected chi connectivity index (χ1v) is 10.5. The van der Waals surface area contributed by atoms with Crippen LogP contribution in [0.5, 0.6) is 0 Å². The fraction of sp³-hybridized carbons (Fsp3) is 0.619. The number of aliphatic hydroxyl groups is 2. The summed E-state index contributed by atoms with van der Waals surface area (Å²) in [5.74, 6) is 0.851. The molecule has 28 heavy (non-hydrogen) atoms. The van der Waals surface area contributed by atoms with Crippen LogP contribution in [-0.2, 0) is 6.54 Å². The SMILES string of the molecule is O=C(NCC1(CO)CCCCC1)c1[nH]c(C[NH+]2CCC(O)C2)[n+]2ccccc12. The van der Waals surface area contributed by atoms with Crippen molar-refractivity contribution in [3.05, 3.63) is 35.9 Å². The van der Waals surface area contributed by atoms with Gasteiger partial charge < -0.3 is 20.4 Å². The molecule has 0 radical (unpaired) electrons. The summed E-state index contributed by atoms with van der Waals surface area (Å²) in [6, 6.07) is 5.85. The molecule has 1 aliphatic carbocycles.